The molecule has 4 heterocycles. The molecule has 0 aliphatic rings. The maximum Gasteiger partial charge on any atom is 0.203 e. The van der Waals surface area contributed by atoms with Crippen molar-refractivity contribution in [1.82, 2.24) is 25.3 Å². The number of nitrogens with zero attached hydrogens (tertiary/aromatic N) is 4. The molecule has 75 heavy (non-hydrogen) atoms. The van der Waals surface area contributed by atoms with E-state index in [1.807, 2.05) is 24.3 Å². The molecular formula is C63H68N6O6. The van der Waals surface area contributed by atoms with Crippen molar-refractivity contribution in [2.45, 2.75) is 70.5 Å². The molecular weight excluding hydrogens is 937 g/mol. The second-order valence-corrected chi connectivity index (χ2v) is 19.1. The van der Waals surface area contributed by atoms with Gasteiger partial charge in [0, 0.05) is 86.6 Å². The molecule has 12 nitrogen and oxygen atoms in total. The molecule has 0 amide bonds. The Morgan fingerprint density at radius 2 is 0.813 bits per heavy atom. The number of rotatable bonds is 21. The first kappa shape index (κ1) is 51.8. The Morgan fingerprint density at radius 3 is 1.16 bits per heavy atom. The van der Waals surface area contributed by atoms with Crippen LogP contribution in [0, 0.1) is 0 Å². The first-order valence-electron chi connectivity index (χ1n) is 25.5. The number of benzene rings is 6. The second kappa shape index (κ2) is 22.6. The van der Waals surface area contributed by atoms with Crippen LogP contribution < -0.4 is 40.3 Å². The molecule has 0 radical (unpaired) electrons. The number of nitrogens with two attached hydrogens (primary N) is 1. The third-order valence-electron chi connectivity index (χ3n) is 14.6. The molecule has 0 spiro atoms. The molecule has 12 heteroatoms. The Kier molecular flexibility index (Phi) is 15.6. The summed E-state index contributed by atoms with van der Waals surface area (Å²) in [5.41, 5.74) is 19.1. The molecule has 0 atom stereocenters. The van der Waals surface area contributed by atoms with Crippen LogP contribution in [0.15, 0.2) is 146 Å². The van der Waals surface area contributed by atoms with Gasteiger partial charge in [-0.3, -0.25) is 9.97 Å². The zero-order chi connectivity index (χ0) is 51.3. The number of methoxy groups -OCH3 is 6. The summed E-state index contributed by atoms with van der Waals surface area (Å²) in [6.45, 7) is 3.74. The number of aryl methyl sites for hydroxylation is 4. The zero-order valence-electron chi connectivity index (χ0n) is 44.2. The Hall–Kier alpha value is -8.06. The first-order chi connectivity index (χ1) is 36.2. The van der Waals surface area contributed by atoms with Crippen molar-refractivity contribution in [3.8, 4) is 57.0 Å². The molecule has 4 aromatic heterocycles. The average Bonchev–Trinajstić information content (AvgIpc) is 3.99. The van der Waals surface area contributed by atoms with E-state index >= 15 is 0 Å². The van der Waals surface area contributed by atoms with Crippen LogP contribution in [-0.2, 0) is 38.8 Å². The lowest BCUT2D eigenvalue weighted by atomic mass is 9.85. The fraction of sp³-hybridized carbons (Fsp3) is 0.270. The molecule has 0 saturated carbocycles. The SMILES string of the molecule is CCC(N)(Cc1cc2c3ccccc3n(CCCc3ccccc3)c2c(-c2cc(OC)c(OC)c(OC)c2)n1)Cc1cc2c3ccccc3n(CCCc3ccccc3)c2c(-c2cc(OC)c(OC)c(OC)c2)n1.N. The highest BCUT2D eigenvalue weighted by atomic mass is 16.5. The first-order valence-corrected chi connectivity index (χ1v) is 25.5. The molecule has 5 N–H and O–H groups in total. The fourth-order valence-corrected chi connectivity index (χ4v) is 10.9. The van der Waals surface area contributed by atoms with E-state index < -0.39 is 5.54 Å². The third kappa shape index (κ3) is 10.2. The van der Waals surface area contributed by atoms with Crippen LogP contribution in [0.4, 0.5) is 0 Å². The van der Waals surface area contributed by atoms with Gasteiger partial charge in [0.15, 0.2) is 23.0 Å². The lowest BCUT2D eigenvalue weighted by Gasteiger charge is -2.28. The maximum atomic E-state index is 7.76. The summed E-state index contributed by atoms with van der Waals surface area (Å²) >= 11 is 0. The smallest absolute Gasteiger partial charge is 0.203 e. The zero-order valence-corrected chi connectivity index (χ0v) is 44.2. The fourth-order valence-electron chi connectivity index (χ4n) is 10.9. The predicted octanol–water partition coefficient (Wildman–Crippen LogP) is 13.4. The molecule has 0 aliphatic heterocycles. The largest absolute Gasteiger partial charge is 0.493 e. The predicted molar refractivity (Wildman–Crippen MR) is 304 cm³/mol. The lowest BCUT2D eigenvalue weighted by Crippen LogP contribution is -2.44. The number of hydrogen-bond donors (Lipinski definition) is 2. The minimum Gasteiger partial charge on any atom is -0.493 e. The van der Waals surface area contributed by atoms with Gasteiger partial charge in [0.1, 0.15) is 0 Å². The Bertz CT molecular complexity index is 3330. The molecule has 0 unspecified atom stereocenters. The van der Waals surface area contributed by atoms with Gasteiger partial charge in [-0.15, -0.1) is 0 Å². The van der Waals surface area contributed by atoms with E-state index in [-0.39, 0.29) is 6.15 Å². The van der Waals surface area contributed by atoms with Crippen LogP contribution in [0.2, 0.25) is 0 Å². The normalized spacial score (nSPS) is 11.6. The highest BCUT2D eigenvalue weighted by molar-refractivity contribution is 6.13. The number of hydrogen-bond acceptors (Lipinski definition) is 10. The van der Waals surface area contributed by atoms with E-state index in [2.05, 4.69) is 137 Å². The van der Waals surface area contributed by atoms with Crippen LogP contribution in [0.1, 0.15) is 48.7 Å². The Labute approximate surface area is 439 Å². The van der Waals surface area contributed by atoms with Gasteiger partial charge in [-0.1, -0.05) is 104 Å². The summed E-state index contributed by atoms with van der Waals surface area (Å²) in [5, 5.41) is 4.52. The summed E-state index contributed by atoms with van der Waals surface area (Å²) < 4.78 is 40.2. The summed E-state index contributed by atoms with van der Waals surface area (Å²) in [4.78, 5) is 11.2. The highest BCUT2D eigenvalue weighted by Crippen LogP contribution is 2.46. The van der Waals surface area contributed by atoms with Crippen molar-refractivity contribution < 1.29 is 28.4 Å². The average molecular weight is 1010 g/mol. The maximum absolute atomic E-state index is 7.76. The standard InChI is InChI=1S/C63H65N5O6.H3N/c1-8-63(64,39-45-37-49-47-27-15-17-29-51(47)67(31-19-25-41-21-11-9-12-22-41)59(49)57(65-45)43-33-53(69-2)61(73-6)54(34-43)70-3)40-46-38-50-48-28-16-18-30-52(48)68(32-20-26-42-23-13-10-14-24-42)60(50)58(66-46)44-35-55(71-4)62(74-7)56(36-44)72-5;/h9-18,21-24,27-30,33-38H,8,19-20,25-26,31-32,39-40,64H2,1-7H3;1H3. The van der Waals surface area contributed by atoms with E-state index in [0.717, 1.165) is 116 Å². The number of ether oxygens (including phenoxy) is 6. The number of aromatic nitrogens is 4. The van der Waals surface area contributed by atoms with Gasteiger partial charge in [-0.2, -0.15) is 0 Å². The minimum absolute atomic E-state index is 0. The van der Waals surface area contributed by atoms with Crippen molar-refractivity contribution in [3.63, 3.8) is 0 Å². The molecule has 0 bridgehead atoms. The third-order valence-corrected chi connectivity index (χ3v) is 14.6. The van der Waals surface area contributed by atoms with Crippen LogP contribution >= 0.6 is 0 Å². The summed E-state index contributed by atoms with van der Waals surface area (Å²) in [6, 6.07) is 51.1. The van der Waals surface area contributed by atoms with Crippen LogP contribution in [0.3, 0.4) is 0 Å². The van der Waals surface area contributed by atoms with Gasteiger partial charge >= 0.3 is 0 Å². The summed E-state index contributed by atoms with van der Waals surface area (Å²) in [5.74, 6) is 3.25. The minimum atomic E-state index is -0.761. The molecule has 10 rings (SSSR count). The van der Waals surface area contributed by atoms with Crippen molar-refractivity contribution in [3.05, 3.63) is 168 Å². The summed E-state index contributed by atoms with van der Waals surface area (Å²) in [7, 11) is 9.83. The summed E-state index contributed by atoms with van der Waals surface area (Å²) in [6.07, 6.45) is 5.39. The van der Waals surface area contributed by atoms with Gasteiger partial charge in [-0.25, -0.2) is 0 Å². The molecule has 386 valence electrons. The number of fused-ring (bicyclic) bond motifs is 6. The lowest BCUT2D eigenvalue weighted by molar-refractivity contribution is 0.324. The van der Waals surface area contributed by atoms with Gasteiger partial charge in [0.25, 0.3) is 0 Å². The van der Waals surface area contributed by atoms with Crippen molar-refractivity contribution in [2.75, 3.05) is 42.7 Å². The van der Waals surface area contributed by atoms with Crippen LogP contribution in [0.5, 0.6) is 34.5 Å². The van der Waals surface area contributed by atoms with Crippen molar-refractivity contribution >= 4 is 43.6 Å². The molecule has 6 aromatic carbocycles. The molecule has 0 fully saturated rings. The monoisotopic (exact) mass is 1000 g/mol. The van der Waals surface area contributed by atoms with Crippen LogP contribution in [0.25, 0.3) is 66.1 Å². The van der Waals surface area contributed by atoms with E-state index in [9.17, 15) is 0 Å². The van der Waals surface area contributed by atoms with E-state index in [1.54, 1.807) is 42.7 Å². The van der Waals surface area contributed by atoms with Gasteiger partial charge < -0.3 is 49.4 Å². The molecule has 0 saturated heterocycles. The van der Waals surface area contributed by atoms with Gasteiger partial charge in [-0.05, 0) is 91.8 Å². The van der Waals surface area contributed by atoms with E-state index in [1.165, 1.54) is 11.1 Å². The number of pyridine rings is 2. The Morgan fingerprint density at radius 1 is 0.453 bits per heavy atom. The topological polar surface area (TPSA) is 152 Å². The van der Waals surface area contributed by atoms with E-state index in [0.29, 0.717) is 53.8 Å². The van der Waals surface area contributed by atoms with Crippen molar-refractivity contribution in [1.29, 1.82) is 0 Å². The van der Waals surface area contributed by atoms with Gasteiger partial charge in [0.2, 0.25) is 11.5 Å². The number of para-hydroxylation sites is 2. The van der Waals surface area contributed by atoms with Gasteiger partial charge in [0.05, 0.1) is 65.1 Å². The highest BCUT2D eigenvalue weighted by Gasteiger charge is 2.30. The molecule has 0 aliphatic carbocycles. The van der Waals surface area contributed by atoms with Crippen molar-refractivity contribution in [2.24, 2.45) is 5.73 Å². The second-order valence-electron chi connectivity index (χ2n) is 19.1. The Balaban J connectivity index is 0.00000689. The molecule has 10 aromatic rings. The van der Waals surface area contributed by atoms with Crippen LogP contribution in [-0.4, -0.2) is 67.3 Å². The quantitative estimate of drug-likeness (QED) is 0.0711. The van der Waals surface area contributed by atoms with E-state index in [4.69, 9.17) is 44.1 Å².